The van der Waals surface area contributed by atoms with Crippen LogP contribution in [0.15, 0.2) is 24.3 Å². The van der Waals surface area contributed by atoms with Gasteiger partial charge in [-0.3, -0.25) is 10.1 Å². The Hall–Kier alpha value is -1.50. The van der Waals surface area contributed by atoms with Gasteiger partial charge in [0.1, 0.15) is 0 Å². The second-order valence-corrected chi connectivity index (χ2v) is 5.00. The van der Waals surface area contributed by atoms with Crippen LogP contribution in [0.4, 0.5) is 5.69 Å². The summed E-state index contributed by atoms with van der Waals surface area (Å²) in [7, 11) is 0. The number of nitrogens with one attached hydrogen (secondary N) is 1. The minimum Gasteiger partial charge on any atom is -0.395 e. The second-order valence-electron chi connectivity index (χ2n) is 5.00. The van der Waals surface area contributed by atoms with Gasteiger partial charge >= 0.3 is 0 Å². The maximum absolute atomic E-state index is 10.6. The Balaban J connectivity index is 2.69. The topological polar surface area (TPSA) is 95.6 Å². The molecule has 0 radical (unpaired) electrons. The molecule has 0 spiro atoms. The quantitative estimate of drug-likeness (QED) is 0.497. The molecule has 0 saturated carbocycles. The van der Waals surface area contributed by atoms with Crippen molar-refractivity contribution in [2.24, 2.45) is 5.92 Å². The number of nitro benzene ring substituents is 1. The monoisotopic (exact) mass is 282 g/mol. The van der Waals surface area contributed by atoms with E-state index in [9.17, 15) is 20.3 Å². The molecule has 3 unspecified atom stereocenters. The maximum Gasteiger partial charge on any atom is 0.269 e. The molecule has 6 nitrogen and oxygen atoms in total. The van der Waals surface area contributed by atoms with Crippen molar-refractivity contribution in [3.8, 4) is 0 Å². The molecule has 0 saturated heterocycles. The lowest BCUT2D eigenvalue weighted by Gasteiger charge is -2.24. The number of nitro groups is 1. The van der Waals surface area contributed by atoms with Crippen molar-refractivity contribution in [1.82, 2.24) is 5.32 Å². The van der Waals surface area contributed by atoms with E-state index in [2.05, 4.69) is 19.2 Å². The zero-order valence-corrected chi connectivity index (χ0v) is 11.8. The van der Waals surface area contributed by atoms with Crippen LogP contribution in [0.25, 0.3) is 0 Å². The molecule has 0 bridgehead atoms. The lowest BCUT2D eigenvalue weighted by atomic mass is 10.0. The lowest BCUT2D eigenvalue weighted by molar-refractivity contribution is -0.384. The summed E-state index contributed by atoms with van der Waals surface area (Å²) in [5.41, 5.74) is 0.528. The molecule has 0 aliphatic rings. The van der Waals surface area contributed by atoms with Gasteiger partial charge in [-0.15, -0.1) is 0 Å². The van der Waals surface area contributed by atoms with Gasteiger partial charge in [-0.05, 0) is 30.2 Å². The van der Waals surface area contributed by atoms with Crippen molar-refractivity contribution in [2.75, 3.05) is 13.2 Å². The smallest absolute Gasteiger partial charge is 0.269 e. The fourth-order valence-electron chi connectivity index (χ4n) is 1.80. The van der Waals surface area contributed by atoms with E-state index >= 15 is 0 Å². The molecule has 1 rings (SSSR count). The summed E-state index contributed by atoms with van der Waals surface area (Å²) in [6, 6.07) is 5.24. The van der Waals surface area contributed by atoms with Crippen LogP contribution in [0, 0.1) is 16.0 Å². The van der Waals surface area contributed by atoms with E-state index in [0.717, 1.165) is 6.42 Å². The van der Waals surface area contributed by atoms with Gasteiger partial charge in [0.15, 0.2) is 0 Å². The van der Waals surface area contributed by atoms with E-state index < -0.39 is 17.1 Å². The highest BCUT2D eigenvalue weighted by Crippen LogP contribution is 2.20. The molecule has 112 valence electrons. The van der Waals surface area contributed by atoms with Crippen molar-refractivity contribution in [3.63, 3.8) is 0 Å². The molecule has 6 heteroatoms. The minimum atomic E-state index is -0.898. The Morgan fingerprint density at radius 2 is 1.95 bits per heavy atom. The van der Waals surface area contributed by atoms with E-state index in [0.29, 0.717) is 18.0 Å². The molecule has 0 aliphatic heterocycles. The predicted molar refractivity (Wildman–Crippen MR) is 76.4 cm³/mol. The largest absolute Gasteiger partial charge is 0.395 e. The maximum atomic E-state index is 10.6. The van der Waals surface area contributed by atoms with Crippen molar-refractivity contribution in [1.29, 1.82) is 0 Å². The van der Waals surface area contributed by atoms with Crippen LogP contribution < -0.4 is 5.32 Å². The van der Waals surface area contributed by atoms with Gasteiger partial charge in [0.2, 0.25) is 0 Å². The summed E-state index contributed by atoms with van der Waals surface area (Å²) in [5, 5.41) is 33.3. The van der Waals surface area contributed by atoms with Crippen molar-refractivity contribution < 1.29 is 15.1 Å². The van der Waals surface area contributed by atoms with Gasteiger partial charge in [-0.2, -0.15) is 0 Å². The summed E-state index contributed by atoms with van der Waals surface area (Å²) in [6.45, 7) is 4.66. The van der Waals surface area contributed by atoms with E-state index in [1.54, 1.807) is 0 Å². The number of hydrogen-bond donors (Lipinski definition) is 3. The zero-order valence-electron chi connectivity index (χ0n) is 11.8. The van der Waals surface area contributed by atoms with Crippen molar-refractivity contribution >= 4 is 5.69 Å². The number of non-ortho nitro benzene ring substituents is 1. The summed E-state index contributed by atoms with van der Waals surface area (Å²) in [4.78, 5) is 10.1. The van der Waals surface area contributed by atoms with Crippen LogP contribution >= 0.6 is 0 Å². The predicted octanol–water partition coefficient (Wildman–Crippen LogP) is 1.62. The molecule has 0 aromatic heterocycles. The molecule has 0 fully saturated rings. The molecule has 1 aromatic rings. The average molecular weight is 282 g/mol. The molecule has 3 atom stereocenters. The standard InChI is InChI=1S/C14H22N2O4/c1-3-10(2)8-15-13(9-17)14(18)11-4-6-12(7-5-11)16(19)20/h4-7,10,13-15,17-18H,3,8-9H2,1-2H3. The molecule has 1 aromatic carbocycles. The van der Waals surface area contributed by atoms with Crippen LogP contribution in [0.1, 0.15) is 31.9 Å². The lowest BCUT2D eigenvalue weighted by Crippen LogP contribution is -2.40. The van der Waals surface area contributed by atoms with Crippen molar-refractivity contribution in [2.45, 2.75) is 32.4 Å². The van der Waals surface area contributed by atoms with E-state index in [-0.39, 0.29) is 12.3 Å². The van der Waals surface area contributed by atoms with Crippen LogP contribution in [-0.4, -0.2) is 34.3 Å². The van der Waals surface area contributed by atoms with Gasteiger partial charge in [0, 0.05) is 12.1 Å². The molecule has 0 aliphatic carbocycles. The van der Waals surface area contributed by atoms with E-state index in [4.69, 9.17) is 0 Å². The number of benzene rings is 1. The summed E-state index contributed by atoms with van der Waals surface area (Å²) in [6.07, 6.45) is 0.114. The minimum absolute atomic E-state index is 0.0194. The number of aliphatic hydroxyl groups excluding tert-OH is 2. The SMILES string of the molecule is CCC(C)CNC(CO)C(O)c1ccc([N+](=O)[O-])cc1. The molecular weight excluding hydrogens is 260 g/mol. The Morgan fingerprint density at radius 1 is 1.35 bits per heavy atom. The second kappa shape index (κ2) is 7.94. The summed E-state index contributed by atoms with van der Waals surface area (Å²) < 4.78 is 0. The highest BCUT2D eigenvalue weighted by atomic mass is 16.6. The van der Waals surface area contributed by atoms with Crippen LogP contribution in [0.2, 0.25) is 0 Å². The third kappa shape index (κ3) is 4.56. The summed E-state index contributed by atoms with van der Waals surface area (Å²) >= 11 is 0. The Kier molecular flexibility index (Phi) is 6.57. The number of hydrogen-bond acceptors (Lipinski definition) is 5. The third-order valence-corrected chi connectivity index (χ3v) is 3.45. The van der Waals surface area contributed by atoms with Gasteiger partial charge in [0.25, 0.3) is 5.69 Å². The molecule has 20 heavy (non-hydrogen) atoms. The van der Waals surface area contributed by atoms with E-state index in [1.165, 1.54) is 24.3 Å². The Labute approximate surface area is 118 Å². The van der Waals surface area contributed by atoms with Gasteiger partial charge in [0.05, 0.1) is 23.7 Å². The van der Waals surface area contributed by atoms with Crippen LogP contribution in [0.3, 0.4) is 0 Å². The first-order chi connectivity index (χ1) is 9.49. The third-order valence-electron chi connectivity index (χ3n) is 3.45. The Morgan fingerprint density at radius 3 is 2.40 bits per heavy atom. The number of rotatable bonds is 8. The van der Waals surface area contributed by atoms with Crippen molar-refractivity contribution in [3.05, 3.63) is 39.9 Å². The highest BCUT2D eigenvalue weighted by molar-refractivity contribution is 5.34. The van der Waals surface area contributed by atoms with Crippen LogP contribution in [0.5, 0.6) is 0 Å². The fourth-order valence-corrected chi connectivity index (χ4v) is 1.80. The first-order valence-electron chi connectivity index (χ1n) is 6.76. The average Bonchev–Trinajstić information content (AvgIpc) is 2.47. The Bertz CT molecular complexity index is 422. The first-order valence-corrected chi connectivity index (χ1v) is 6.76. The normalized spacial score (nSPS) is 15.6. The fraction of sp³-hybridized carbons (Fsp3) is 0.571. The number of aliphatic hydroxyl groups is 2. The summed E-state index contributed by atoms with van der Waals surface area (Å²) in [5.74, 6) is 0.452. The molecule has 0 amide bonds. The number of nitrogens with zero attached hydrogens (tertiary/aromatic N) is 1. The van der Waals surface area contributed by atoms with E-state index in [1.807, 2.05) is 0 Å². The zero-order chi connectivity index (χ0) is 15.1. The first kappa shape index (κ1) is 16.6. The molecule has 0 heterocycles. The van der Waals surface area contributed by atoms with Gasteiger partial charge < -0.3 is 15.5 Å². The van der Waals surface area contributed by atoms with Gasteiger partial charge in [-0.1, -0.05) is 20.3 Å². The van der Waals surface area contributed by atoms with Crippen LogP contribution in [-0.2, 0) is 0 Å². The highest BCUT2D eigenvalue weighted by Gasteiger charge is 2.21. The van der Waals surface area contributed by atoms with Gasteiger partial charge in [-0.25, -0.2) is 0 Å². The molecular formula is C14H22N2O4. The molecule has 3 N–H and O–H groups in total.